The zero-order valence-corrected chi connectivity index (χ0v) is 22.3. The second-order valence-electron chi connectivity index (χ2n) is 8.39. The van der Waals surface area contributed by atoms with Crippen molar-refractivity contribution in [1.29, 1.82) is 0 Å². The van der Waals surface area contributed by atoms with E-state index in [1.165, 1.54) is 4.57 Å². The van der Waals surface area contributed by atoms with E-state index in [0.717, 1.165) is 12.7 Å². The van der Waals surface area contributed by atoms with Gasteiger partial charge in [-0.05, 0) is 0 Å². The molecule has 2 aliphatic rings. The van der Waals surface area contributed by atoms with Gasteiger partial charge < -0.3 is 59.7 Å². The average Bonchev–Trinajstić information content (AvgIpc) is 3.46. The van der Waals surface area contributed by atoms with Crippen LogP contribution in [-0.4, -0.2) is 115 Å². The van der Waals surface area contributed by atoms with Crippen molar-refractivity contribution in [1.82, 2.24) is 19.5 Å². The number of ether oxygens (including phenoxy) is 3. The van der Waals surface area contributed by atoms with Crippen molar-refractivity contribution < 1.29 is 81.1 Å². The number of phosphoric ester groups is 2. The number of aromatic nitrogens is 4. The first kappa shape index (κ1) is 31.4. The third-order valence-corrected chi connectivity index (χ3v) is 8.24. The Morgan fingerprint density at radius 2 is 1.52 bits per heavy atom. The van der Waals surface area contributed by atoms with Crippen molar-refractivity contribution in [2.24, 2.45) is 0 Å². The third kappa shape index (κ3) is 7.27. The smallest absolute Gasteiger partial charge is 0.387 e. The van der Waals surface area contributed by atoms with E-state index >= 15 is 0 Å². The summed E-state index contributed by atoms with van der Waals surface area (Å²) in [5.74, 6) is -0.0268. The van der Waals surface area contributed by atoms with Crippen molar-refractivity contribution in [3.63, 3.8) is 0 Å². The van der Waals surface area contributed by atoms with Crippen LogP contribution in [0.15, 0.2) is 12.7 Å². The molecule has 0 amide bonds. The Bertz CT molecular complexity index is 1350. The maximum atomic E-state index is 11.9. The molecule has 2 aromatic rings. The highest BCUT2D eigenvalue weighted by Gasteiger charge is 2.52. The highest BCUT2D eigenvalue weighted by atomic mass is 31.3. The van der Waals surface area contributed by atoms with Gasteiger partial charge in [0.15, 0.2) is 24.0 Å². The number of aliphatic hydroxyl groups excluding tert-OH is 3. The van der Waals surface area contributed by atoms with Gasteiger partial charge in [0, 0.05) is 0 Å². The van der Waals surface area contributed by atoms with Crippen LogP contribution in [0.5, 0.6) is 0 Å². The van der Waals surface area contributed by atoms with Crippen LogP contribution in [0, 0.1) is 0 Å². The SMILES string of the molecule is Nc1ncnc2c1ncn2[C@@H]1O[C@H](COP(=O)(O)OP(=O)(O)O)[C@@H](O)[C@H]1O[C@@H]1O[C@H](COP(=O)(O)O)[C@@H](O)[C@H]1O. The number of aliphatic hydroxyl groups is 3. The normalized spacial score (nSPS) is 33.0. The molecule has 0 aromatic carbocycles. The fraction of sp³-hybridized carbons (Fsp3) is 0.667. The molecule has 40 heavy (non-hydrogen) atoms. The zero-order valence-electron chi connectivity index (χ0n) is 19.6. The Morgan fingerprint density at radius 3 is 2.17 bits per heavy atom. The second-order valence-corrected chi connectivity index (χ2v) is 12.5. The number of imidazole rings is 1. The van der Waals surface area contributed by atoms with Gasteiger partial charge >= 0.3 is 23.5 Å². The summed E-state index contributed by atoms with van der Waals surface area (Å²) >= 11 is 0. The van der Waals surface area contributed by atoms with Crippen molar-refractivity contribution >= 4 is 40.4 Å². The summed E-state index contributed by atoms with van der Waals surface area (Å²) in [7, 11) is -15.7. The van der Waals surface area contributed by atoms with Crippen LogP contribution in [0.4, 0.5) is 5.82 Å². The molecule has 0 radical (unpaired) electrons. The Labute approximate surface area is 222 Å². The van der Waals surface area contributed by atoms with Gasteiger partial charge in [-0.25, -0.2) is 28.6 Å². The van der Waals surface area contributed by atoms with Gasteiger partial charge in [0.1, 0.15) is 48.5 Å². The van der Waals surface area contributed by atoms with Gasteiger partial charge in [0.2, 0.25) is 0 Å². The highest BCUT2D eigenvalue weighted by molar-refractivity contribution is 7.60. The Balaban J connectivity index is 1.57. The molecule has 226 valence electrons. The van der Waals surface area contributed by atoms with E-state index in [9.17, 15) is 33.9 Å². The minimum atomic E-state index is -5.45. The molecule has 25 heteroatoms. The van der Waals surface area contributed by atoms with Crippen molar-refractivity contribution in [3.8, 4) is 0 Å². The summed E-state index contributed by atoms with van der Waals surface area (Å²) in [6, 6.07) is 0. The van der Waals surface area contributed by atoms with Crippen LogP contribution in [-0.2, 0) is 41.3 Å². The lowest BCUT2D eigenvalue weighted by Gasteiger charge is -2.26. The summed E-state index contributed by atoms with van der Waals surface area (Å²) in [5.41, 5.74) is 5.97. The van der Waals surface area contributed by atoms with E-state index < -0.39 is 85.8 Å². The summed E-state index contributed by atoms with van der Waals surface area (Å²) in [4.78, 5) is 56.8. The molecule has 2 fully saturated rings. The molecule has 0 spiro atoms. The molecule has 9 atom stereocenters. The molecule has 4 heterocycles. The minimum absolute atomic E-state index is 0.0268. The van der Waals surface area contributed by atoms with E-state index in [4.69, 9.17) is 39.5 Å². The second kappa shape index (κ2) is 11.6. The fourth-order valence-electron chi connectivity index (χ4n) is 3.90. The van der Waals surface area contributed by atoms with Gasteiger partial charge in [-0.3, -0.25) is 13.6 Å². The van der Waals surface area contributed by atoms with E-state index in [1.807, 2.05) is 0 Å². The third-order valence-electron chi connectivity index (χ3n) is 5.60. The summed E-state index contributed by atoms with van der Waals surface area (Å²) < 4.78 is 64.2. The number of nitrogen functional groups attached to an aromatic ring is 1. The van der Waals surface area contributed by atoms with Gasteiger partial charge in [-0.2, -0.15) is 4.31 Å². The largest absolute Gasteiger partial charge is 0.481 e. The predicted molar refractivity (Wildman–Crippen MR) is 122 cm³/mol. The molecule has 2 saturated heterocycles. The molecule has 0 aliphatic carbocycles. The van der Waals surface area contributed by atoms with Crippen LogP contribution < -0.4 is 5.73 Å². The zero-order chi connectivity index (χ0) is 29.6. The molecule has 22 nitrogen and oxygen atoms in total. The number of rotatable bonds is 11. The van der Waals surface area contributed by atoms with Gasteiger partial charge in [-0.15, -0.1) is 0 Å². The van der Waals surface area contributed by atoms with E-state index in [0.29, 0.717) is 0 Å². The molecule has 0 bridgehead atoms. The van der Waals surface area contributed by atoms with Crippen molar-refractivity contribution in [3.05, 3.63) is 12.7 Å². The van der Waals surface area contributed by atoms with Crippen LogP contribution in [0.25, 0.3) is 11.2 Å². The highest BCUT2D eigenvalue weighted by Crippen LogP contribution is 2.57. The Kier molecular flexibility index (Phi) is 9.14. The topological polar surface area (TPSA) is 338 Å². The molecule has 4 rings (SSSR count). The van der Waals surface area contributed by atoms with Crippen molar-refractivity contribution in [2.45, 2.75) is 49.1 Å². The maximum absolute atomic E-state index is 11.9. The summed E-state index contributed by atoms with van der Waals surface area (Å²) in [5, 5.41) is 31.6. The fourth-order valence-corrected chi connectivity index (χ4v) is 5.84. The lowest BCUT2D eigenvalue weighted by atomic mass is 10.1. The first-order valence-electron chi connectivity index (χ1n) is 10.8. The first-order valence-corrected chi connectivity index (χ1v) is 15.4. The van der Waals surface area contributed by atoms with Gasteiger partial charge in [0.05, 0.1) is 19.5 Å². The van der Waals surface area contributed by atoms with Crippen LogP contribution in [0.3, 0.4) is 0 Å². The minimum Gasteiger partial charge on any atom is -0.387 e. The summed E-state index contributed by atoms with van der Waals surface area (Å²) in [6.45, 7) is -1.83. The molecule has 0 saturated carbocycles. The lowest BCUT2D eigenvalue weighted by molar-refractivity contribution is -0.219. The van der Waals surface area contributed by atoms with Crippen LogP contribution in [0.1, 0.15) is 6.23 Å². The molecule has 1 unspecified atom stereocenters. The molecular weight excluding hydrogens is 615 g/mol. The summed E-state index contributed by atoms with van der Waals surface area (Å²) in [6.07, 6.45) is -10.8. The number of fused-ring (bicyclic) bond motifs is 1. The predicted octanol–water partition coefficient (Wildman–Crippen LogP) is -3.17. The molecular formula is C15H24N5O17P3. The van der Waals surface area contributed by atoms with Gasteiger partial charge in [0.25, 0.3) is 0 Å². The number of anilines is 1. The maximum Gasteiger partial charge on any atom is 0.481 e. The number of hydrogen-bond acceptors (Lipinski definition) is 16. The standard InChI is InChI=1S/C15H24N5O17P3/c16-12-7-13(18-3-17-12)20(4-19-7)14-11(9(22)6(34-14)2-33-40(30,31)37-39(27,28)29)36-15-10(23)8(21)5(35-15)1-32-38(24,25)26/h3-6,8-11,14-15,21-23H,1-2H2,(H,30,31)(H2,16,17,18)(H2,24,25,26)(H2,27,28,29)/t5-,6-,8-,9-,10-,11-,14-,15+/m1/s1. The number of hydrogen-bond donors (Lipinski definition) is 9. The number of nitrogens with zero attached hydrogens (tertiary/aromatic N) is 4. The Hall–Kier alpha value is -1.52. The van der Waals surface area contributed by atoms with Crippen LogP contribution in [0.2, 0.25) is 0 Å². The van der Waals surface area contributed by atoms with Crippen LogP contribution >= 0.6 is 23.5 Å². The molecule has 2 aromatic heterocycles. The molecule has 2 aliphatic heterocycles. The number of nitrogens with two attached hydrogens (primary N) is 1. The average molecular weight is 639 g/mol. The molecule has 10 N–H and O–H groups in total. The monoisotopic (exact) mass is 639 g/mol. The van der Waals surface area contributed by atoms with E-state index in [1.54, 1.807) is 0 Å². The number of phosphoric acid groups is 3. The van der Waals surface area contributed by atoms with Gasteiger partial charge in [-0.1, -0.05) is 0 Å². The quantitative estimate of drug-likeness (QED) is 0.109. The van der Waals surface area contributed by atoms with E-state index in [-0.39, 0.29) is 17.0 Å². The first-order chi connectivity index (χ1) is 18.5. The van der Waals surface area contributed by atoms with Crippen molar-refractivity contribution in [2.75, 3.05) is 18.9 Å². The van der Waals surface area contributed by atoms with E-state index in [2.05, 4.69) is 28.3 Å². The Morgan fingerprint density at radius 1 is 0.875 bits per heavy atom. The lowest BCUT2D eigenvalue weighted by Crippen LogP contribution is -2.42.